The van der Waals surface area contributed by atoms with Crippen molar-refractivity contribution >= 4 is 25.6 Å². The van der Waals surface area contributed by atoms with Crippen LogP contribution in [0, 0.1) is 12.7 Å². The van der Waals surface area contributed by atoms with Crippen molar-refractivity contribution in [3.8, 4) is 0 Å². The van der Waals surface area contributed by atoms with Gasteiger partial charge in [-0.2, -0.15) is 0 Å². The molecule has 1 atom stereocenters. The summed E-state index contributed by atoms with van der Waals surface area (Å²) in [5, 5.41) is 0. The molecule has 1 unspecified atom stereocenters. The summed E-state index contributed by atoms with van der Waals surface area (Å²) in [6, 6.07) is 2.48. The first-order chi connectivity index (χ1) is 9.71. The highest BCUT2D eigenvalue weighted by Crippen LogP contribution is 2.26. The molecule has 1 saturated heterocycles. The maximum absolute atomic E-state index is 13.9. The molecule has 21 heavy (non-hydrogen) atoms. The molecule has 1 aliphatic heterocycles. The predicted molar refractivity (Wildman–Crippen MR) is 78.5 cm³/mol. The molecular formula is C14H17ClFNO3S. The summed E-state index contributed by atoms with van der Waals surface area (Å²) in [4.78, 5) is 13.6. The second-order valence-corrected chi connectivity index (χ2v) is 7.92. The third-order valence-electron chi connectivity index (χ3n) is 3.79. The minimum absolute atomic E-state index is 0.0877. The molecule has 0 bridgehead atoms. The fraction of sp³-hybridized carbons (Fsp3) is 0.500. The van der Waals surface area contributed by atoms with Crippen LogP contribution in [0.3, 0.4) is 0 Å². The van der Waals surface area contributed by atoms with Gasteiger partial charge in [0.1, 0.15) is 10.7 Å². The molecule has 0 N–H and O–H groups in total. The number of hydrogen-bond donors (Lipinski definition) is 0. The summed E-state index contributed by atoms with van der Waals surface area (Å²) in [5.74, 6) is -1.19. The van der Waals surface area contributed by atoms with E-state index >= 15 is 0 Å². The molecule has 0 spiro atoms. The zero-order chi connectivity index (χ0) is 15.8. The molecule has 116 valence electrons. The Kier molecular flexibility index (Phi) is 4.58. The summed E-state index contributed by atoms with van der Waals surface area (Å²) >= 11 is 0. The van der Waals surface area contributed by atoms with E-state index < -0.39 is 19.8 Å². The average Bonchev–Trinajstić information content (AvgIpc) is 2.40. The van der Waals surface area contributed by atoms with E-state index in [9.17, 15) is 17.6 Å². The fourth-order valence-corrected chi connectivity index (χ4v) is 3.58. The lowest BCUT2D eigenvalue weighted by Gasteiger charge is -2.33. The maximum Gasteiger partial charge on any atom is 0.264 e. The van der Waals surface area contributed by atoms with E-state index in [0.29, 0.717) is 6.54 Å². The number of carbonyl (C=O) groups excluding carboxylic acids is 1. The van der Waals surface area contributed by atoms with E-state index in [0.717, 1.165) is 25.3 Å². The first-order valence-electron chi connectivity index (χ1n) is 6.77. The first kappa shape index (κ1) is 16.2. The van der Waals surface area contributed by atoms with Crippen LogP contribution >= 0.6 is 10.7 Å². The van der Waals surface area contributed by atoms with Crippen LogP contribution in [0.5, 0.6) is 0 Å². The third kappa shape index (κ3) is 3.37. The number of nitrogens with zero attached hydrogens (tertiary/aromatic N) is 1. The zero-order valence-corrected chi connectivity index (χ0v) is 13.5. The number of piperidine rings is 1. The van der Waals surface area contributed by atoms with Gasteiger partial charge in [0.15, 0.2) is 0 Å². The molecule has 1 fully saturated rings. The van der Waals surface area contributed by atoms with E-state index in [1.54, 1.807) is 4.90 Å². The van der Waals surface area contributed by atoms with Crippen LogP contribution in [-0.2, 0) is 9.05 Å². The molecule has 1 aliphatic rings. The zero-order valence-electron chi connectivity index (χ0n) is 11.9. The lowest BCUT2D eigenvalue weighted by Crippen LogP contribution is -2.42. The lowest BCUT2D eigenvalue weighted by molar-refractivity contribution is 0.0635. The van der Waals surface area contributed by atoms with Gasteiger partial charge in [0, 0.05) is 28.8 Å². The molecule has 0 aromatic heterocycles. The fourth-order valence-electron chi connectivity index (χ4n) is 2.60. The Labute approximate surface area is 128 Å². The molecule has 2 rings (SSSR count). The predicted octanol–water partition coefficient (Wildman–Crippen LogP) is 3.08. The SMILES string of the molecule is Cc1cc(C(=O)N2CCCCC2C)cc(S(=O)(=O)Cl)c1F. The monoisotopic (exact) mass is 333 g/mol. The van der Waals surface area contributed by atoms with Crippen molar-refractivity contribution in [1.82, 2.24) is 4.90 Å². The van der Waals surface area contributed by atoms with Gasteiger partial charge in [0.2, 0.25) is 0 Å². The van der Waals surface area contributed by atoms with Gasteiger partial charge in [-0.25, -0.2) is 12.8 Å². The van der Waals surface area contributed by atoms with Crippen LogP contribution in [0.25, 0.3) is 0 Å². The molecule has 0 saturated carbocycles. The van der Waals surface area contributed by atoms with Gasteiger partial charge in [-0.3, -0.25) is 4.79 Å². The van der Waals surface area contributed by atoms with E-state index in [4.69, 9.17) is 10.7 Å². The van der Waals surface area contributed by atoms with Gasteiger partial charge in [0.25, 0.3) is 15.0 Å². The number of amides is 1. The van der Waals surface area contributed by atoms with Gasteiger partial charge >= 0.3 is 0 Å². The summed E-state index contributed by atoms with van der Waals surface area (Å²) in [7, 11) is 1.00. The quantitative estimate of drug-likeness (QED) is 0.781. The average molecular weight is 334 g/mol. The highest BCUT2D eigenvalue weighted by molar-refractivity contribution is 8.13. The lowest BCUT2D eigenvalue weighted by atomic mass is 10.0. The molecule has 1 aromatic rings. The molecular weight excluding hydrogens is 317 g/mol. The highest BCUT2D eigenvalue weighted by Gasteiger charge is 2.27. The van der Waals surface area contributed by atoms with Crippen LogP contribution < -0.4 is 0 Å². The van der Waals surface area contributed by atoms with Gasteiger partial charge < -0.3 is 4.90 Å². The van der Waals surface area contributed by atoms with Crippen molar-refractivity contribution in [3.63, 3.8) is 0 Å². The minimum Gasteiger partial charge on any atom is -0.336 e. The number of hydrogen-bond acceptors (Lipinski definition) is 3. The van der Waals surface area contributed by atoms with E-state index in [1.165, 1.54) is 13.0 Å². The van der Waals surface area contributed by atoms with Crippen LogP contribution in [0.2, 0.25) is 0 Å². The van der Waals surface area contributed by atoms with E-state index in [-0.39, 0.29) is 23.1 Å². The number of benzene rings is 1. The van der Waals surface area contributed by atoms with Crippen LogP contribution in [0.15, 0.2) is 17.0 Å². The standard InChI is InChI=1S/C14H17ClFNO3S/c1-9-7-11(8-12(13(9)16)21(15,19)20)14(18)17-6-4-3-5-10(17)2/h7-8,10H,3-6H2,1-2H3. The Morgan fingerprint density at radius 1 is 1.38 bits per heavy atom. The normalized spacial score (nSPS) is 19.6. The largest absolute Gasteiger partial charge is 0.336 e. The highest BCUT2D eigenvalue weighted by atomic mass is 35.7. The van der Waals surface area contributed by atoms with E-state index in [2.05, 4.69) is 0 Å². The number of carbonyl (C=O) groups is 1. The number of halogens is 2. The third-order valence-corrected chi connectivity index (χ3v) is 5.12. The summed E-state index contributed by atoms with van der Waals surface area (Å²) in [5.41, 5.74) is 0.242. The van der Waals surface area contributed by atoms with Crippen LogP contribution in [-0.4, -0.2) is 31.8 Å². The van der Waals surface area contributed by atoms with Crippen molar-refractivity contribution in [3.05, 3.63) is 29.1 Å². The van der Waals surface area contributed by atoms with Crippen LogP contribution in [0.4, 0.5) is 4.39 Å². The van der Waals surface area contributed by atoms with Crippen molar-refractivity contribution < 1.29 is 17.6 Å². The van der Waals surface area contributed by atoms with Crippen molar-refractivity contribution in [1.29, 1.82) is 0 Å². The number of likely N-dealkylation sites (tertiary alicyclic amines) is 1. The summed E-state index contributed by atoms with van der Waals surface area (Å²) in [6.45, 7) is 3.99. The van der Waals surface area contributed by atoms with Gasteiger partial charge in [-0.05, 0) is 50.8 Å². The summed E-state index contributed by atoms with van der Waals surface area (Å²) in [6.07, 6.45) is 2.89. The molecule has 0 radical (unpaired) electrons. The van der Waals surface area contributed by atoms with Crippen LogP contribution in [0.1, 0.15) is 42.1 Å². The molecule has 1 heterocycles. The Morgan fingerprint density at radius 2 is 2.05 bits per heavy atom. The topological polar surface area (TPSA) is 54.5 Å². The van der Waals surface area contributed by atoms with Gasteiger partial charge in [-0.1, -0.05) is 0 Å². The Hall–Kier alpha value is -1.14. The smallest absolute Gasteiger partial charge is 0.264 e. The molecule has 4 nitrogen and oxygen atoms in total. The Morgan fingerprint density at radius 3 is 2.62 bits per heavy atom. The second-order valence-electron chi connectivity index (χ2n) is 5.39. The Bertz CT molecular complexity index is 675. The molecule has 0 aliphatic carbocycles. The second kappa shape index (κ2) is 5.93. The van der Waals surface area contributed by atoms with Crippen molar-refractivity contribution in [2.75, 3.05) is 6.54 Å². The van der Waals surface area contributed by atoms with Crippen molar-refractivity contribution in [2.45, 2.75) is 44.0 Å². The maximum atomic E-state index is 13.9. The molecule has 1 aromatic carbocycles. The van der Waals surface area contributed by atoms with E-state index in [1.807, 2.05) is 6.92 Å². The minimum atomic E-state index is -4.23. The number of rotatable bonds is 2. The first-order valence-corrected chi connectivity index (χ1v) is 9.08. The molecule has 1 amide bonds. The van der Waals surface area contributed by atoms with Gasteiger partial charge in [-0.15, -0.1) is 0 Å². The molecule has 7 heteroatoms. The summed E-state index contributed by atoms with van der Waals surface area (Å²) < 4.78 is 36.7. The number of aryl methyl sites for hydroxylation is 1. The Balaban J connectivity index is 2.45. The van der Waals surface area contributed by atoms with Crippen molar-refractivity contribution in [2.24, 2.45) is 0 Å². The van der Waals surface area contributed by atoms with Gasteiger partial charge in [0.05, 0.1) is 0 Å².